The molecule has 0 spiro atoms. The van der Waals surface area contributed by atoms with Crippen molar-refractivity contribution in [3.05, 3.63) is 35.4 Å². The van der Waals surface area contributed by atoms with E-state index in [4.69, 9.17) is 0 Å². The number of unbranched alkanes of at least 4 members (excludes halogenated alkanes) is 2. The molecule has 2 heteroatoms. The van der Waals surface area contributed by atoms with Crippen molar-refractivity contribution in [3.63, 3.8) is 0 Å². The van der Waals surface area contributed by atoms with Gasteiger partial charge < -0.3 is 4.79 Å². The zero-order chi connectivity index (χ0) is 11.1. The number of halogens is 1. The molecule has 0 aliphatic heterocycles. The number of rotatable bonds is 6. The maximum atomic E-state index is 10.6. The molecule has 0 heterocycles. The van der Waals surface area contributed by atoms with Crippen LogP contribution >= 0.6 is 15.9 Å². The van der Waals surface area contributed by atoms with Crippen molar-refractivity contribution >= 4 is 22.2 Å². The van der Waals surface area contributed by atoms with Crippen molar-refractivity contribution in [3.8, 4) is 0 Å². The summed E-state index contributed by atoms with van der Waals surface area (Å²) in [5.41, 5.74) is 2.39. The fourth-order valence-corrected chi connectivity index (χ4v) is 1.83. The van der Waals surface area contributed by atoms with Crippen LogP contribution in [0.3, 0.4) is 0 Å². The van der Waals surface area contributed by atoms with Crippen LogP contribution in [0.4, 0.5) is 0 Å². The van der Waals surface area contributed by atoms with Gasteiger partial charge in [0.05, 0.1) is 4.83 Å². The van der Waals surface area contributed by atoms with E-state index in [0.29, 0.717) is 0 Å². The van der Waals surface area contributed by atoms with Gasteiger partial charge in [-0.25, -0.2) is 0 Å². The van der Waals surface area contributed by atoms with Crippen LogP contribution in [0, 0.1) is 0 Å². The lowest BCUT2D eigenvalue weighted by Gasteiger charge is -2.04. The second-order valence-electron chi connectivity index (χ2n) is 3.74. The van der Waals surface area contributed by atoms with Gasteiger partial charge >= 0.3 is 0 Å². The van der Waals surface area contributed by atoms with E-state index < -0.39 is 0 Å². The van der Waals surface area contributed by atoms with Gasteiger partial charge in [0.25, 0.3) is 0 Å². The van der Waals surface area contributed by atoms with E-state index >= 15 is 0 Å². The van der Waals surface area contributed by atoms with Crippen molar-refractivity contribution < 1.29 is 4.79 Å². The standard InChI is InChI=1S/C13H17BrO/c1-2-3-4-5-11-6-8-12(9-7-11)13(14)10-15/h6-10,13H,2-5H2,1H3. The van der Waals surface area contributed by atoms with Gasteiger partial charge in [-0.3, -0.25) is 0 Å². The predicted octanol–water partition coefficient (Wildman–Crippen LogP) is 4.05. The van der Waals surface area contributed by atoms with E-state index in [-0.39, 0.29) is 4.83 Å². The first kappa shape index (κ1) is 12.4. The first-order valence-electron chi connectivity index (χ1n) is 5.46. The second kappa shape index (κ2) is 6.78. The Labute approximate surface area is 100 Å². The number of hydrogen-bond acceptors (Lipinski definition) is 1. The SMILES string of the molecule is CCCCCc1ccc(C(Br)C=O)cc1. The minimum absolute atomic E-state index is 0.165. The van der Waals surface area contributed by atoms with Crippen molar-refractivity contribution in [2.75, 3.05) is 0 Å². The number of carbonyl (C=O) groups is 1. The highest BCUT2D eigenvalue weighted by molar-refractivity contribution is 9.09. The molecule has 1 atom stereocenters. The molecule has 0 radical (unpaired) electrons. The highest BCUT2D eigenvalue weighted by atomic mass is 79.9. The highest BCUT2D eigenvalue weighted by Crippen LogP contribution is 2.20. The minimum atomic E-state index is -0.165. The van der Waals surface area contributed by atoms with E-state index in [1.165, 1.54) is 24.8 Å². The fraction of sp³-hybridized carbons (Fsp3) is 0.462. The molecule has 0 amide bonds. The summed E-state index contributed by atoms with van der Waals surface area (Å²) in [5, 5.41) is 0. The maximum absolute atomic E-state index is 10.6. The van der Waals surface area contributed by atoms with Gasteiger partial charge in [-0.05, 0) is 24.0 Å². The first-order chi connectivity index (χ1) is 7.27. The van der Waals surface area contributed by atoms with Gasteiger partial charge in [-0.2, -0.15) is 0 Å². The summed E-state index contributed by atoms with van der Waals surface area (Å²) in [6.45, 7) is 2.21. The van der Waals surface area contributed by atoms with Crippen LogP contribution in [0.15, 0.2) is 24.3 Å². The number of alkyl halides is 1. The third-order valence-corrected chi connectivity index (χ3v) is 3.23. The zero-order valence-electron chi connectivity index (χ0n) is 9.08. The van der Waals surface area contributed by atoms with Gasteiger partial charge in [0.2, 0.25) is 0 Å². The van der Waals surface area contributed by atoms with Crippen molar-refractivity contribution in [1.82, 2.24) is 0 Å². The average Bonchev–Trinajstić information content (AvgIpc) is 2.29. The van der Waals surface area contributed by atoms with E-state index in [1.807, 2.05) is 12.1 Å². The number of aryl methyl sites for hydroxylation is 1. The van der Waals surface area contributed by atoms with Crippen LogP contribution in [0.2, 0.25) is 0 Å². The molecule has 1 aromatic rings. The van der Waals surface area contributed by atoms with E-state index in [1.54, 1.807) is 0 Å². The topological polar surface area (TPSA) is 17.1 Å². The third kappa shape index (κ3) is 4.17. The summed E-state index contributed by atoms with van der Waals surface area (Å²) in [5.74, 6) is 0. The summed E-state index contributed by atoms with van der Waals surface area (Å²) < 4.78 is 0. The quantitative estimate of drug-likeness (QED) is 0.432. The lowest BCUT2D eigenvalue weighted by molar-refractivity contribution is -0.107. The molecule has 0 N–H and O–H groups in total. The molecule has 1 rings (SSSR count). The van der Waals surface area contributed by atoms with Gasteiger partial charge in [-0.15, -0.1) is 0 Å². The van der Waals surface area contributed by atoms with Gasteiger partial charge in [0, 0.05) is 0 Å². The number of benzene rings is 1. The van der Waals surface area contributed by atoms with Crippen molar-refractivity contribution in [2.24, 2.45) is 0 Å². The van der Waals surface area contributed by atoms with Crippen LogP contribution in [0.25, 0.3) is 0 Å². The summed E-state index contributed by atoms with van der Waals surface area (Å²) in [6.07, 6.45) is 5.85. The molecule has 1 unspecified atom stereocenters. The Bertz CT molecular complexity index is 292. The van der Waals surface area contributed by atoms with Crippen molar-refractivity contribution in [1.29, 1.82) is 0 Å². The highest BCUT2D eigenvalue weighted by Gasteiger charge is 2.04. The third-order valence-electron chi connectivity index (χ3n) is 2.49. The second-order valence-corrected chi connectivity index (χ2v) is 4.72. The number of aldehydes is 1. The molecule has 1 nitrogen and oxygen atoms in total. The lowest BCUT2D eigenvalue weighted by Crippen LogP contribution is -1.91. The van der Waals surface area contributed by atoms with E-state index in [9.17, 15) is 4.79 Å². The van der Waals surface area contributed by atoms with E-state index in [0.717, 1.165) is 18.3 Å². The van der Waals surface area contributed by atoms with Gasteiger partial charge in [-0.1, -0.05) is 60.0 Å². The van der Waals surface area contributed by atoms with Crippen LogP contribution < -0.4 is 0 Å². The summed E-state index contributed by atoms with van der Waals surface area (Å²) in [4.78, 5) is 10.4. The molecule has 0 aromatic heterocycles. The zero-order valence-corrected chi connectivity index (χ0v) is 10.7. The molecular weight excluding hydrogens is 252 g/mol. The summed E-state index contributed by atoms with van der Waals surface area (Å²) in [6, 6.07) is 8.27. The molecule has 0 aliphatic carbocycles. The smallest absolute Gasteiger partial charge is 0.138 e. The molecule has 82 valence electrons. The number of hydrogen-bond donors (Lipinski definition) is 0. The molecule has 0 fully saturated rings. The largest absolute Gasteiger partial charge is 0.302 e. The molecule has 1 aromatic carbocycles. The molecular formula is C13H17BrO. The monoisotopic (exact) mass is 268 g/mol. The van der Waals surface area contributed by atoms with Gasteiger partial charge in [0.1, 0.15) is 6.29 Å². The Kier molecular flexibility index (Phi) is 5.62. The Balaban J connectivity index is 2.52. The first-order valence-corrected chi connectivity index (χ1v) is 6.37. The van der Waals surface area contributed by atoms with Crippen LogP contribution in [0.1, 0.15) is 42.1 Å². The fourth-order valence-electron chi connectivity index (χ4n) is 1.53. The molecule has 0 saturated heterocycles. The Morgan fingerprint density at radius 3 is 2.47 bits per heavy atom. The minimum Gasteiger partial charge on any atom is -0.302 e. The Morgan fingerprint density at radius 1 is 1.27 bits per heavy atom. The van der Waals surface area contributed by atoms with Crippen LogP contribution in [-0.4, -0.2) is 6.29 Å². The van der Waals surface area contributed by atoms with Gasteiger partial charge in [0.15, 0.2) is 0 Å². The average molecular weight is 269 g/mol. The molecule has 0 aliphatic rings. The van der Waals surface area contributed by atoms with Crippen molar-refractivity contribution in [2.45, 2.75) is 37.4 Å². The summed E-state index contributed by atoms with van der Waals surface area (Å²) in [7, 11) is 0. The normalized spacial score (nSPS) is 12.4. The van der Waals surface area contributed by atoms with E-state index in [2.05, 4.69) is 35.0 Å². The lowest BCUT2D eigenvalue weighted by atomic mass is 10.0. The Morgan fingerprint density at radius 2 is 1.93 bits per heavy atom. The van der Waals surface area contributed by atoms with Crippen LogP contribution in [-0.2, 0) is 11.2 Å². The molecule has 0 saturated carbocycles. The summed E-state index contributed by atoms with van der Waals surface area (Å²) >= 11 is 3.31. The molecule has 0 bridgehead atoms. The molecule has 15 heavy (non-hydrogen) atoms. The number of carbonyl (C=O) groups excluding carboxylic acids is 1. The Hall–Kier alpha value is -0.630. The van der Waals surface area contributed by atoms with Crippen LogP contribution in [0.5, 0.6) is 0 Å². The maximum Gasteiger partial charge on any atom is 0.138 e. The predicted molar refractivity (Wildman–Crippen MR) is 67.4 cm³/mol.